The van der Waals surface area contributed by atoms with Crippen LogP contribution in [0.5, 0.6) is 0 Å². The van der Waals surface area contributed by atoms with E-state index in [-0.39, 0.29) is 11.8 Å². The van der Waals surface area contributed by atoms with Crippen molar-refractivity contribution in [3.05, 3.63) is 35.6 Å². The van der Waals surface area contributed by atoms with Gasteiger partial charge < -0.3 is 14.6 Å². The zero-order chi connectivity index (χ0) is 15.9. The third-order valence-electron chi connectivity index (χ3n) is 5.25. The molecule has 2 aromatic rings. The van der Waals surface area contributed by atoms with Crippen LogP contribution in [0.25, 0.3) is 5.13 Å². The first-order valence-corrected chi connectivity index (χ1v) is 9.14. The molecule has 0 unspecified atom stereocenters. The average molecular weight is 331 g/mol. The normalized spacial score (nSPS) is 27.7. The van der Waals surface area contributed by atoms with E-state index < -0.39 is 5.60 Å². The molecular formula is C17H21N3O2S. The predicted molar refractivity (Wildman–Crippen MR) is 88.9 cm³/mol. The van der Waals surface area contributed by atoms with Gasteiger partial charge in [-0.05, 0) is 31.4 Å². The van der Waals surface area contributed by atoms with Crippen molar-refractivity contribution in [1.82, 2.24) is 14.5 Å². The van der Waals surface area contributed by atoms with Crippen LogP contribution >= 0.6 is 11.3 Å². The molecule has 2 aliphatic rings. The maximum absolute atomic E-state index is 12.7. The molecule has 1 N–H and O–H groups in total. The fourth-order valence-corrected chi connectivity index (χ4v) is 4.63. The predicted octanol–water partition coefficient (Wildman–Crippen LogP) is 2.70. The Balaban J connectivity index is 1.49. The number of thiazole rings is 1. The lowest BCUT2D eigenvalue weighted by Gasteiger charge is -2.47. The first-order valence-electron chi connectivity index (χ1n) is 8.26. The zero-order valence-corrected chi connectivity index (χ0v) is 13.8. The molecule has 1 aliphatic carbocycles. The van der Waals surface area contributed by atoms with Gasteiger partial charge >= 0.3 is 0 Å². The SMILES string of the molecule is O=C(c1csc(-n2cccc2)n1)N1CC[C@]2(O)CCCC[C@@H]2C1. The number of nitrogens with zero attached hydrogens (tertiary/aromatic N) is 3. The number of rotatable bonds is 2. The Morgan fingerprint density at radius 1 is 1.30 bits per heavy atom. The summed E-state index contributed by atoms with van der Waals surface area (Å²) in [4.78, 5) is 19.1. The molecule has 2 aromatic heterocycles. The molecule has 1 saturated carbocycles. The van der Waals surface area contributed by atoms with Crippen LogP contribution in [-0.4, -0.2) is 44.2 Å². The molecule has 0 radical (unpaired) electrons. The van der Waals surface area contributed by atoms with Crippen molar-refractivity contribution in [2.45, 2.75) is 37.7 Å². The quantitative estimate of drug-likeness (QED) is 0.920. The highest BCUT2D eigenvalue weighted by molar-refractivity contribution is 7.12. The molecule has 1 aliphatic heterocycles. The number of likely N-dealkylation sites (tertiary alicyclic amines) is 1. The van der Waals surface area contributed by atoms with E-state index in [0.717, 1.165) is 30.8 Å². The minimum absolute atomic E-state index is 0.00715. The molecule has 5 nitrogen and oxygen atoms in total. The summed E-state index contributed by atoms with van der Waals surface area (Å²) in [5.74, 6) is 0.212. The summed E-state index contributed by atoms with van der Waals surface area (Å²) in [6.07, 6.45) is 8.71. The molecule has 1 amide bonds. The van der Waals surface area contributed by atoms with Crippen LogP contribution in [0.4, 0.5) is 0 Å². The number of aromatic nitrogens is 2. The number of carbonyl (C=O) groups is 1. The highest BCUT2D eigenvalue weighted by atomic mass is 32.1. The highest BCUT2D eigenvalue weighted by Crippen LogP contribution is 2.40. The van der Waals surface area contributed by atoms with E-state index in [9.17, 15) is 9.90 Å². The van der Waals surface area contributed by atoms with E-state index >= 15 is 0 Å². The van der Waals surface area contributed by atoms with Crippen LogP contribution < -0.4 is 0 Å². The van der Waals surface area contributed by atoms with Crippen LogP contribution in [-0.2, 0) is 0 Å². The Bertz CT molecular complexity index is 697. The second kappa shape index (κ2) is 5.76. The maximum atomic E-state index is 12.7. The molecule has 2 fully saturated rings. The molecule has 0 spiro atoms. The van der Waals surface area contributed by atoms with Crippen LogP contribution in [0, 0.1) is 5.92 Å². The van der Waals surface area contributed by atoms with E-state index in [1.165, 1.54) is 11.3 Å². The van der Waals surface area contributed by atoms with Crippen molar-refractivity contribution < 1.29 is 9.90 Å². The first kappa shape index (κ1) is 14.9. The topological polar surface area (TPSA) is 58.4 Å². The van der Waals surface area contributed by atoms with Crippen molar-refractivity contribution in [2.75, 3.05) is 13.1 Å². The summed E-state index contributed by atoms with van der Waals surface area (Å²) in [6.45, 7) is 1.29. The van der Waals surface area contributed by atoms with Gasteiger partial charge in [0, 0.05) is 36.8 Å². The van der Waals surface area contributed by atoms with Gasteiger partial charge in [-0.3, -0.25) is 4.79 Å². The summed E-state index contributed by atoms with van der Waals surface area (Å²) >= 11 is 1.48. The summed E-state index contributed by atoms with van der Waals surface area (Å²) in [6, 6.07) is 3.88. The average Bonchev–Trinajstić information content (AvgIpc) is 3.24. The Kier molecular flexibility index (Phi) is 3.73. The first-order chi connectivity index (χ1) is 11.2. The van der Waals surface area contributed by atoms with Gasteiger partial charge in [-0.25, -0.2) is 4.98 Å². The van der Waals surface area contributed by atoms with Crippen LogP contribution in [0.15, 0.2) is 29.9 Å². The van der Waals surface area contributed by atoms with Crippen molar-refractivity contribution in [1.29, 1.82) is 0 Å². The van der Waals surface area contributed by atoms with E-state index in [1.807, 2.05) is 39.4 Å². The third-order valence-corrected chi connectivity index (χ3v) is 6.11. The molecule has 0 bridgehead atoms. The van der Waals surface area contributed by atoms with Crippen LogP contribution in [0.3, 0.4) is 0 Å². The van der Waals surface area contributed by atoms with Crippen molar-refractivity contribution in [3.8, 4) is 5.13 Å². The molecule has 122 valence electrons. The smallest absolute Gasteiger partial charge is 0.273 e. The monoisotopic (exact) mass is 331 g/mol. The van der Waals surface area contributed by atoms with E-state index in [0.29, 0.717) is 25.2 Å². The van der Waals surface area contributed by atoms with E-state index in [4.69, 9.17) is 0 Å². The number of piperidine rings is 1. The van der Waals surface area contributed by atoms with Gasteiger partial charge in [0.05, 0.1) is 5.60 Å². The Hall–Kier alpha value is -1.66. The molecular weight excluding hydrogens is 310 g/mol. The Morgan fingerprint density at radius 3 is 2.96 bits per heavy atom. The number of amides is 1. The van der Waals surface area contributed by atoms with Gasteiger partial charge in [-0.2, -0.15) is 0 Å². The molecule has 6 heteroatoms. The van der Waals surface area contributed by atoms with Gasteiger partial charge in [0.1, 0.15) is 5.69 Å². The third kappa shape index (κ3) is 2.70. The van der Waals surface area contributed by atoms with Gasteiger partial charge in [0.2, 0.25) is 0 Å². The van der Waals surface area contributed by atoms with Crippen LogP contribution in [0.1, 0.15) is 42.6 Å². The van der Waals surface area contributed by atoms with Gasteiger partial charge in [0.15, 0.2) is 5.13 Å². The summed E-state index contributed by atoms with van der Waals surface area (Å²) in [7, 11) is 0. The van der Waals surface area contributed by atoms with Crippen molar-refractivity contribution in [3.63, 3.8) is 0 Å². The second-order valence-electron chi connectivity index (χ2n) is 6.65. The standard InChI is InChI=1S/C17H21N3O2S/c21-15(14-12-23-16(18-14)19-8-3-4-9-19)20-10-7-17(22)6-2-1-5-13(17)11-20/h3-4,8-9,12-13,22H,1-2,5-7,10-11H2/t13-,17-/m1/s1. The molecule has 23 heavy (non-hydrogen) atoms. The largest absolute Gasteiger partial charge is 0.389 e. The van der Waals surface area contributed by atoms with Gasteiger partial charge in [0.25, 0.3) is 5.91 Å². The fraction of sp³-hybridized carbons (Fsp3) is 0.529. The van der Waals surface area contributed by atoms with Crippen molar-refractivity contribution in [2.24, 2.45) is 5.92 Å². The molecule has 0 aromatic carbocycles. The fourth-order valence-electron chi connectivity index (χ4n) is 3.86. The van der Waals surface area contributed by atoms with Gasteiger partial charge in [-0.15, -0.1) is 11.3 Å². The molecule has 3 heterocycles. The van der Waals surface area contributed by atoms with E-state index in [1.54, 1.807) is 0 Å². The van der Waals surface area contributed by atoms with E-state index in [2.05, 4.69) is 4.98 Å². The Labute approximate surface area is 139 Å². The molecule has 4 rings (SSSR count). The maximum Gasteiger partial charge on any atom is 0.273 e. The second-order valence-corrected chi connectivity index (χ2v) is 7.49. The zero-order valence-electron chi connectivity index (χ0n) is 13.0. The number of hydrogen-bond donors (Lipinski definition) is 1. The molecule has 2 atom stereocenters. The van der Waals surface area contributed by atoms with Gasteiger partial charge in [-0.1, -0.05) is 12.8 Å². The minimum atomic E-state index is -0.548. The minimum Gasteiger partial charge on any atom is -0.389 e. The molecule has 1 saturated heterocycles. The van der Waals surface area contributed by atoms with Crippen LogP contribution in [0.2, 0.25) is 0 Å². The number of fused-ring (bicyclic) bond motifs is 1. The Morgan fingerprint density at radius 2 is 2.13 bits per heavy atom. The van der Waals surface area contributed by atoms with Crippen molar-refractivity contribution >= 4 is 17.2 Å². The summed E-state index contributed by atoms with van der Waals surface area (Å²) < 4.78 is 1.91. The number of hydrogen-bond acceptors (Lipinski definition) is 4. The number of carbonyl (C=O) groups excluding carboxylic acids is 1. The number of aliphatic hydroxyl groups is 1. The lowest BCUT2D eigenvalue weighted by atomic mass is 9.71. The summed E-state index contributed by atoms with van der Waals surface area (Å²) in [5.41, 5.74) is -0.0344. The highest BCUT2D eigenvalue weighted by Gasteiger charge is 2.44. The lowest BCUT2D eigenvalue weighted by molar-refractivity contribution is -0.0886. The summed E-state index contributed by atoms with van der Waals surface area (Å²) in [5, 5.41) is 13.4. The lowest BCUT2D eigenvalue weighted by Crippen LogP contribution is -2.54.